The van der Waals surface area contributed by atoms with Crippen LogP contribution in [0.15, 0.2) is 109 Å². The molecule has 4 heterocycles. The Bertz CT molecular complexity index is 1840. The molecule has 2 fully saturated rings. The molecule has 8 rings (SSSR count). The third-order valence-electron chi connectivity index (χ3n) is 9.18. The zero-order chi connectivity index (χ0) is 34.1. The quantitative estimate of drug-likeness (QED) is 0.160. The fourth-order valence-corrected chi connectivity index (χ4v) is 6.32. The summed E-state index contributed by atoms with van der Waals surface area (Å²) in [6.45, 7) is 11.2. The van der Waals surface area contributed by atoms with Gasteiger partial charge in [0, 0.05) is 62.1 Å². The molecule has 2 atom stereocenters. The van der Waals surface area contributed by atoms with Crippen molar-refractivity contribution >= 4 is 45.3 Å². The minimum atomic E-state index is 0.164. The van der Waals surface area contributed by atoms with Crippen LogP contribution >= 0.6 is 0 Å². The van der Waals surface area contributed by atoms with Gasteiger partial charge in [-0.2, -0.15) is 9.97 Å². The Morgan fingerprint density at radius 3 is 1.44 bits per heavy atom. The number of benzene rings is 4. The SMILES string of the molecule is CC(Nc1nc(N2CCNCC2)nc2ccccc12)c1ccccc1.CC(Nc1nc(N2CCOCC2)nc2ccccc12)c1ccccc1. The van der Waals surface area contributed by atoms with Crippen LogP contribution in [-0.4, -0.2) is 72.4 Å². The predicted molar refractivity (Wildman–Crippen MR) is 204 cm³/mol. The molecular weight excluding hydrogens is 623 g/mol. The molecule has 10 heteroatoms. The summed E-state index contributed by atoms with van der Waals surface area (Å²) in [5, 5.41) is 12.6. The van der Waals surface area contributed by atoms with E-state index in [0.29, 0.717) is 0 Å². The van der Waals surface area contributed by atoms with Crippen molar-refractivity contribution < 1.29 is 4.74 Å². The van der Waals surface area contributed by atoms with Crippen LogP contribution in [0.3, 0.4) is 0 Å². The molecule has 0 aliphatic carbocycles. The number of ether oxygens (including phenoxy) is 1. The molecule has 0 amide bonds. The molecule has 0 radical (unpaired) electrons. The standard InChI is InChI=1S/C20H23N5.C20H22N4O/c1-15(16-7-3-2-4-8-16)22-19-17-9-5-6-10-18(17)23-20(24-19)25-13-11-21-12-14-25;1-15(16-7-3-2-4-8-16)21-19-17-9-5-6-10-18(17)22-20(23-19)24-11-13-25-14-12-24/h2-10,15,21H,11-14H2,1H3,(H,22,23,24);2-10,15H,11-14H2,1H3,(H,21,22,23). The van der Waals surface area contributed by atoms with Gasteiger partial charge in [0.15, 0.2) is 0 Å². The van der Waals surface area contributed by atoms with Crippen LogP contribution in [0.2, 0.25) is 0 Å². The number of hydrogen-bond donors (Lipinski definition) is 3. The zero-order valence-electron chi connectivity index (χ0n) is 28.8. The molecular formula is C40H45N9O. The minimum Gasteiger partial charge on any atom is -0.378 e. The number of morpholine rings is 1. The number of nitrogens with one attached hydrogen (secondary N) is 3. The molecule has 0 spiro atoms. The molecule has 2 aromatic heterocycles. The van der Waals surface area contributed by atoms with Gasteiger partial charge in [-0.3, -0.25) is 0 Å². The summed E-state index contributed by atoms with van der Waals surface area (Å²) in [5.74, 6) is 3.35. The van der Waals surface area contributed by atoms with Crippen LogP contribution in [0.5, 0.6) is 0 Å². The van der Waals surface area contributed by atoms with Crippen LogP contribution in [-0.2, 0) is 4.74 Å². The smallest absolute Gasteiger partial charge is 0.228 e. The van der Waals surface area contributed by atoms with Crippen LogP contribution in [0.4, 0.5) is 23.5 Å². The Labute approximate surface area is 294 Å². The molecule has 2 saturated heterocycles. The maximum atomic E-state index is 5.45. The van der Waals surface area contributed by atoms with E-state index in [0.717, 1.165) is 97.8 Å². The average molecular weight is 668 g/mol. The van der Waals surface area contributed by atoms with Crippen LogP contribution in [0.25, 0.3) is 21.8 Å². The van der Waals surface area contributed by atoms with Gasteiger partial charge in [0.2, 0.25) is 11.9 Å². The third kappa shape index (κ3) is 7.93. The first-order valence-electron chi connectivity index (χ1n) is 17.6. The predicted octanol–water partition coefficient (Wildman–Crippen LogP) is 6.85. The Hall–Kier alpha value is -5.32. The molecule has 0 bridgehead atoms. The third-order valence-corrected chi connectivity index (χ3v) is 9.18. The highest BCUT2D eigenvalue weighted by molar-refractivity contribution is 5.91. The highest BCUT2D eigenvalue weighted by Gasteiger charge is 2.19. The van der Waals surface area contributed by atoms with Gasteiger partial charge >= 0.3 is 0 Å². The monoisotopic (exact) mass is 667 g/mol. The Kier molecular flexibility index (Phi) is 10.6. The van der Waals surface area contributed by atoms with Crippen molar-refractivity contribution in [2.24, 2.45) is 0 Å². The van der Waals surface area contributed by atoms with Crippen LogP contribution in [0, 0.1) is 0 Å². The van der Waals surface area contributed by atoms with Crippen molar-refractivity contribution in [1.29, 1.82) is 0 Å². The van der Waals surface area contributed by atoms with Gasteiger partial charge < -0.3 is 30.5 Å². The van der Waals surface area contributed by atoms with Crippen molar-refractivity contribution in [1.82, 2.24) is 25.3 Å². The topological polar surface area (TPSA) is 103 Å². The summed E-state index contributed by atoms with van der Waals surface area (Å²) in [6.07, 6.45) is 0. The number of anilines is 4. The van der Waals surface area contributed by atoms with E-state index in [2.05, 4.69) is 106 Å². The highest BCUT2D eigenvalue weighted by atomic mass is 16.5. The van der Waals surface area contributed by atoms with E-state index in [-0.39, 0.29) is 12.1 Å². The normalized spacial score (nSPS) is 16.0. The zero-order valence-corrected chi connectivity index (χ0v) is 28.8. The molecule has 4 aromatic carbocycles. The lowest BCUT2D eigenvalue weighted by Gasteiger charge is -2.28. The number of hydrogen-bond acceptors (Lipinski definition) is 10. The minimum absolute atomic E-state index is 0.164. The summed E-state index contributed by atoms with van der Waals surface area (Å²) in [7, 11) is 0. The summed E-state index contributed by atoms with van der Waals surface area (Å²) >= 11 is 0. The summed E-state index contributed by atoms with van der Waals surface area (Å²) in [5.41, 5.74) is 4.42. The van der Waals surface area contributed by atoms with E-state index >= 15 is 0 Å². The molecule has 2 unspecified atom stereocenters. The number of aromatic nitrogens is 4. The summed E-state index contributed by atoms with van der Waals surface area (Å²) in [4.78, 5) is 23.7. The van der Waals surface area contributed by atoms with E-state index in [4.69, 9.17) is 24.7 Å². The number of para-hydroxylation sites is 2. The van der Waals surface area contributed by atoms with E-state index in [1.54, 1.807) is 0 Å². The Morgan fingerprint density at radius 1 is 0.540 bits per heavy atom. The second kappa shape index (κ2) is 15.9. The number of nitrogens with zero attached hydrogens (tertiary/aromatic N) is 6. The van der Waals surface area contributed by atoms with Crippen molar-refractivity contribution in [2.45, 2.75) is 25.9 Å². The first-order valence-corrected chi connectivity index (χ1v) is 17.6. The fraction of sp³-hybridized carbons (Fsp3) is 0.300. The molecule has 50 heavy (non-hydrogen) atoms. The molecule has 2 aliphatic heterocycles. The van der Waals surface area contributed by atoms with Gasteiger partial charge in [0.25, 0.3) is 0 Å². The second-order valence-electron chi connectivity index (χ2n) is 12.7. The summed E-state index contributed by atoms with van der Waals surface area (Å²) in [6, 6.07) is 37.6. The lowest BCUT2D eigenvalue weighted by Crippen LogP contribution is -2.44. The number of rotatable bonds is 8. The molecule has 3 N–H and O–H groups in total. The molecule has 0 saturated carbocycles. The van der Waals surface area contributed by atoms with Crippen LogP contribution in [0.1, 0.15) is 37.1 Å². The first-order chi connectivity index (χ1) is 24.6. The number of fused-ring (bicyclic) bond motifs is 2. The molecule has 256 valence electrons. The van der Waals surface area contributed by atoms with Gasteiger partial charge in [-0.25, -0.2) is 9.97 Å². The highest BCUT2D eigenvalue weighted by Crippen LogP contribution is 2.29. The lowest BCUT2D eigenvalue weighted by atomic mass is 10.1. The average Bonchev–Trinajstić information content (AvgIpc) is 3.19. The fourth-order valence-electron chi connectivity index (χ4n) is 6.32. The molecule has 6 aromatic rings. The second-order valence-corrected chi connectivity index (χ2v) is 12.7. The van der Waals surface area contributed by atoms with E-state index in [1.807, 2.05) is 42.5 Å². The molecule has 10 nitrogen and oxygen atoms in total. The van der Waals surface area contributed by atoms with E-state index in [1.165, 1.54) is 11.1 Å². The Balaban J connectivity index is 0.000000157. The van der Waals surface area contributed by atoms with Crippen molar-refractivity contribution in [2.75, 3.05) is 72.9 Å². The van der Waals surface area contributed by atoms with Gasteiger partial charge in [-0.05, 0) is 49.2 Å². The van der Waals surface area contributed by atoms with Crippen LogP contribution < -0.4 is 25.8 Å². The summed E-state index contributed by atoms with van der Waals surface area (Å²) < 4.78 is 5.45. The van der Waals surface area contributed by atoms with Gasteiger partial charge in [0.05, 0.1) is 24.2 Å². The van der Waals surface area contributed by atoms with Gasteiger partial charge in [-0.15, -0.1) is 0 Å². The maximum absolute atomic E-state index is 5.45. The van der Waals surface area contributed by atoms with Gasteiger partial charge in [-0.1, -0.05) is 84.9 Å². The van der Waals surface area contributed by atoms with E-state index < -0.39 is 0 Å². The Morgan fingerprint density at radius 2 is 0.960 bits per heavy atom. The maximum Gasteiger partial charge on any atom is 0.228 e. The van der Waals surface area contributed by atoms with Gasteiger partial charge in [0.1, 0.15) is 11.6 Å². The lowest BCUT2D eigenvalue weighted by molar-refractivity contribution is 0.122. The number of piperazine rings is 1. The van der Waals surface area contributed by atoms with Crippen molar-refractivity contribution in [3.8, 4) is 0 Å². The first kappa shape index (κ1) is 33.2. The molecule has 2 aliphatic rings. The van der Waals surface area contributed by atoms with E-state index in [9.17, 15) is 0 Å². The van der Waals surface area contributed by atoms with Crippen molar-refractivity contribution in [3.05, 3.63) is 120 Å². The largest absolute Gasteiger partial charge is 0.378 e. The van der Waals surface area contributed by atoms with Crippen molar-refractivity contribution in [3.63, 3.8) is 0 Å².